The van der Waals surface area contributed by atoms with Crippen LogP contribution in [0.15, 0.2) is 24.3 Å². The molecule has 1 aromatic carbocycles. The number of hydrogen-bond donors (Lipinski definition) is 1. The predicted molar refractivity (Wildman–Crippen MR) is 72.8 cm³/mol. The molecule has 0 aliphatic heterocycles. The summed E-state index contributed by atoms with van der Waals surface area (Å²) in [5, 5.41) is 3.96. The molecule has 0 spiro atoms. The minimum Gasteiger partial charge on any atom is -0.467 e. The lowest BCUT2D eigenvalue weighted by atomic mass is 9.98. The Bertz CT molecular complexity index is 399. The molecule has 1 saturated carbocycles. The van der Waals surface area contributed by atoms with Crippen LogP contribution in [0.25, 0.3) is 0 Å². The smallest absolute Gasteiger partial charge is 0.328 e. The second-order valence-corrected chi connectivity index (χ2v) is 5.13. The van der Waals surface area contributed by atoms with Gasteiger partial charge in [0.25, 0.3) is 0 Å². The van der Waals surface area contributed by atoms with Gasteiger partial charge in [0.05, 0.1) is 7.11 Å². The average molecular weight is 268 g/mol. The molecule has 0 bridgehead atoms. The number of anilines is 1. The van der Waals surface area contributed by atoms with E-state index in [1.54, 1.807) is 0 Å². The third-order valence-electron chi connectivity index (χ3n) is 3.49. The highest BCUT2D eigenvalue weighted by atomic mass is 35.5. The predicted octanol–water partition coefficient (Wildman–Crippen LogP) is 3.48. The molecule has 1 unspecified atom stereocenters. The zero-order valence-electron chi connectivity index (χ0n) is 10.5. The van der Waals surface area contributed by atoms with Crippen LogP contribution >= 0.6 is 11.6 Å². The Morgan fingerprint density at radius 2 is 1.94 bits per heavy atom. The van der Waals surface area contributed by atoms with Crippen molar-refractivity contribution in [2.45, 2.75) is 31.7 Å². The molecule has 2 rings (SSSR count). The van der Waals surface area contributed by atoms with Gasteiger partial charge in [-0.1, -0.05) is 24.4 Å². The van der Waals surface area contributed by atoms with Crippen molar-refractivity contribution in [2.24, 2.45) is 5.92 Å². The van der Waals surface area contributed by atoms with E-state index in [4.69, 9.17) is 16.3 Å². The molecule has 1 atom stereocenters. The van der Waals surface area contributed by atoms with E-state index in [1.165, 1.54) is 20.0 Å². The largest absolute Gasteiger partial charge is 0.467 e. The Labute approximate surface area is 112 Å². The standard InChI is InChI=1S/C14H18ClNO2/c1-18-14(17)13(10-4-2-3-5-10)16-12-8-6-11(15)7-9-12/h6-10,13,16H,2-5H2,1H3. The van der Waals surface area contributed by atoms with Crippen LogP contribution in [0.4, 0.5) is 5.69 Å². The molecule has 1 aliphatic rings. The van der Waals surface area contributed by atoms with Crippen molar-refractivity contribution in [3.63, 3.8) is 0 Å². The van der Waals surface area contributed by atoms with Gasteiger partial charge >= 0.3 is 5.97 Å². The summed E-state index contributed by atoms with van der Waals surface area (Å²) in [6.45, 7) is 0. The minimum atomic E-state index is -0.251. The fraction of sp³-hybridized carbons (Fsp3) is 0.500. The number of nitrogens with one attached hydrogen (secondary N) is 1. The molecule has 18 heavy (non-hydrogen) atoms. The lowest BCUT2D eigenvalue weighted by Crippen LogP contribution is -2.36. The summed E-state index contributed by atoms with van der Waals surface area (Å²) in [7, 11) is 1.44. The van der Waals surface area contributed by atoms with Crippen molar-refractivity contribution < 1.29 is 9.53 Å². The maximum Gasteiger partial charge on any atom is 0.328 e. The number of benzene rings is 1. The van der Waals surface area contributed by atoms with Crippen LogP contribution in [0.5, 0.6) is 0 Å². The first-order valence-corrected chi connectivity index (χ1v) is 6.68. The van der Waals surface area contributed by atoms with Crippen LogP contribution in [-0.4, -0.2) is 19.1 Å². The van der Waals surface area contributed by atoms with Gasteiger partial charge in [0.2, 0.25) is 0 Å². The number of esters is 1. The summed E-state index contributed by atoms with van der Waals surface area (Å²) in [6.07, 6.45) is 4.56. The van der Waals surface area contributed by atoms with E-state index in [2.05, 4.69) is 5.32 Å². The Hall–Kier alpha value is -1.22. The van der Waals surface area contributed by atoms with E-state index in [0.29, 0.717) is 10.9 Å². The number of ether oxygens (including phenoxy) is 1. The Kier molecular flexibility index (Phi) is 4.48. The molecule has 4 heteroatoms. The molecule has 1 aromatic rings. The first kappa shape index (κ1) is 13.2. The summed E-state index contributed by atoms with van der Waals surface area (Å²) in [6, 6.07) is 7.14. The Morgan fingerprint density at radius 3 is 2.50 bits per heavy atom. The quantitative estimate of drug-likeness (QED) is 0.849. The van der Waals surface area contributed by atoms with E-state index in [-0.39, 0.29) is 12.0 Å². The van der Waals surface area contributed by atoms with Gasteiger partial charge in [-0.05, 0) is 43.0 Å². The van der Waals surface area contributed by atoms with Crippen LogP contribution in [0.2, 0.25) is 5.02 Å². The summed E-state index contributed by atoms with van der Waals surface area (Å²) in [5.41, 5.74) is 0.904. The lowest BCUT2D eigenvalue weighted by molar-refractivity contribution is -0.142. The highest BCUT2D eigenvalue weighted by Crippen LogP contribution is 2.30. The van der Waals surface area contributed by atoms with E-state index in [9.17, 15) is 4.79 Å². The number of methoxy groups -OCH3 is 1. The summed E-state index contributed by atoms with van der Waals surface area (Å²) >= 11 is 5.85. The fourth-order valence-corrected chi connectivity index (χ4v) is 2.64. The molecule has 3 nitrogen and oxygen atoms in total. The normalized spacial score (nSPS) is 17.4. The third-order valence-corrected chi connectivity index (χ3v) is 3.74. The second kappa shape index (κ2) is 6.10. The fourth-order valence-electron chi connectivity index (χ4n) is 2.51. The highest BCUT2D eigenvalue weighted by molar-refractivity contribution is 6.30. The molecular formula is C14H18ClNO2. The number of carbonyl (C=O) groups is 1. The Morgan fingerprint density at radius 1 is 1.33 bits per heavy atom. The summed E-state index contributed by atoms with van der Waals surface area (Å²) < 4.78 is 4.89. The van der Waals surface area contributed by atoms with Gasteiger partial charge in [0.15, 0.2) is 0 Å². The average Bonchev–Trinajstić information content (AvgIpc) is 2.91. The van der Waals surface area contributed by atoms with Crippen molar-refractivity contribution in [3.05, 3.63) is 29.3 Å². The Balaban J connectivity index is 2.09. The van der Waals surface area contributed by atoms with E-state index in [1.807, 2.05) is 24.3 Å². The molecule has 0 heterocycles. The number of rotatable bonds is 4. The van der Waals surface area contributed by atoms with Gasteiger partial charge in [-0.2, -0.15) is 0 Å². The van der Waals surface area contributed by atoms with Gasteiger partial charge in [-0.25, -0.2) is 4.79 Å². The zero-order chi connectivity index (χ0) is 13.0. The van der Waals surface area contributed by atoms with E-state index < -0.39 is 0 Å². The van der Waals surface area contributed by atoms with Gasteiger partial charge in [0.1, 0.15) is 6.04 Å². The van der Waals surface area contributed by atoms with Gasteiger partial charge in [-0.3, -0.25) is 0 Å². The number of hydrogen-bond acceptors (Lipinski definition) is 3. The van der Waals surface area contributed by atoms with Crippen LogP contribution in [0.3, 0.4) is 0 Å². The molecule has 0 aromatic heterocycles. The highest BCUT2D eigenvalue weighted by Gasteiger charge is 2.31. The second-order valence-electron chi connectivity index (χ2n) is 4.70. The third kappa shape index (κ3) is 3.16. The number of halogens is 1. The van der Waals surface area contributed by atoms with E-state index in [0.717, 1.165) is 18.5 Å². The van der Waals surface area contributed by atoms with Crippen LogP contribution in [0.1, 0.15) is 25.7 Å². The molecular weight excluding hydrogens is 250 g/mol. The molecule has 0 radical (unpaired) electrons. The topological polar surface area (TPSA) is 38.3 Å². The SMILES string of the molecule is COC(=O)C(Nc1ccc(Cl)cc1)C1CCCC1. The molecule has 0 saturated heterocycles. The zero-order valence-corrected chi connectivity index (χ0v) is 11.2. The van der Waals surface area contributed by atoms with Crippen molar-refractivity contribution in [3.8, 4) is 0 Å². The maximum absolute atomic E-state index is 11.9. The van der Waals surface area contributed by atoms with Crippen LogP contribution < -0.4 is 5.32 Å². The van der Waals surface area contributed by atoms with Crippen molar-refractivity contribution >= 4 is 23.3 Å². The van der Waals surface area contributed by atoms with Gasteiger partial charge < -0.3 is 10.1 Å². The molecule has 98 valence electrons. The van der Waals surface area contributed by atoms with Crippen LogP contribution in [-0.2, 0) is 9.53 Å². The molecule has 1 aliphatic carbocycles. The van der Waals surface area contributed by atoms with Crippen molar-refractivity contribution in [2.75, 3.05) is 12.4 Å². The monoisotopic (exact) mass is 267 g/mol. The molecule has 0 amide bonds. The molecule has 1 fully saturated rings. The maximum atomic E-state index is 11.9. The minimum absolute atomic E-state index is 0.183. The molecule has 1 N–H and O–H groups in total. The van der Waals surface area contributed by atoms with Gasteiger partial charge in [0, 0.05) is 10.7 Å². The van der Waals surface area contributed by atoms with E-state index >= 15 is 0 Å². The summed E-state index contributed by atoms with van der Waals surface area (Å²) in [4.78, 5) is 11.9. The van der Waals surface area contributed by atoms with Gasteiger partial charge in [-0.15, -0.1) is 0 Å². The van der Waals surface area contributed by atoms with Crippen molar-refractivity contribution in [1.29, 1.82) is 0 Å². The van der Waals surface area contributed by atoms with Crippen LogP contribution in [0, 0.1) is 5.92 Å². The summed E-state index contributed by atoms with van der Waals surface area (Å²) in [5.74, 6) is 0.185. The lowest BCUT2D eigenvalue weighted by Gasteiger charge is -2.23. The first-order valence-electron chi connectivity index (χ1n) is 6.30. The van der Waals surface area contributed by atoms with Crippen molar-refractivity contribution in [1.82, 2.24) is 0 Å². The first-order chi connectivity index (χ1) is 8.70. The number of carbonyl (C=O) groups excluding carboxylic acids is 1.